The lowest BCUT2D eigenvalue weighted by atomic mass is 10.3. The monoisotopic (exact) mass is 160 g/mol. The SMILES string of the molecule is O=CC12OC(CCl)=CC1O2. The summed E-state index contributed by atoms with van der Waals surface area (Å²) in [5.41, 5.74) is 0. The fourth-order valence-electron chi connectivity index (χ4n) is 0.995. The zero-order valence-electron chi connectivity index (χ0n) is 5.04. The molecule has 1 fully saturated rings. The maximum atomic E-state index is 10.3. The molecular formula is C6H5ClO3. The first-order valence-electron chi connectivity index (χ1n) is 2.90. The molecule has 2 rings (SSSR count). The van der Waals surface area contributed by atoms with Crippen molar-refractivity contribution in [3.63, 3.8) is 0 Å². The van der Waals surface area contributed by atoms with Crippen LogP contribution >= 0.6 is 11.6 Å². The van der Waals surface area contributed by atoms with Crippen molar-refractivity contribution in [1.82, 2.24) is 0 Å². The minimum Gasteiger partial charge on any atom is -0.456 e. The number of rotatable bonds is 2. The average molecular weight is 161 g/mol. The first kappa shape index (κ1) is 6.19. The predicted molar refractivity (Wildman–Crippen MR) is 33.6 cm³/mol. The highest BCUT2D eigenvalue weighted by Crippen LogP contribution is 2.44. The summed E-state index contributed by atoms with van der Waals surface area (Å²) in [4.78, 5) is 10.3. The van der Waals surface area contributed by atoms with Gasteiger partial charge >= 0.3 is 0 Å². The number of epoxide rings is 1. The summed E-state index contributed by atoms with van der Waals surface area (Å²) in [7, 11) is 0. The predicted octanol–water partition coefficient (Wildman–Crippen LogP) is 0.433. The van der Waals surface area contributed by atoms with Crippen LogP contribution in [-0.2, 0) is 14.3 Å². The number of carbonyl (C=O) groups is 1. The molecule has 0 aromatic heterocycles. The first-order chi connectivity index (χ1) is 4.80. The minimum absolute atomic E-state index is 0.182. The van der Waals surface area contributed by atoms with Crippen LogP contribution in [-0.4, -0.2) is 24.1 Å². The van der Waals surface area contributed by atoms with Gasteiger partial charge in [-0.25, -0.2) is 0 Å². The van der Waals surface area contributed by atoms with Gasteiger partial charge in [0.2, 0.25) is 0 Å². The summed E-state index contributed by atoms with van der Waals surface area (Å²) in [6, 6.07) is 0. The normalized spacial score (nSPS) is 41.7. The third kappa shape index (κ3) is 0.617. The molecule has 0 aromatic carbocycles. The number of halogens is 1. The molecule has 2 heterocycles. The lowest BCUT2D eigenvalue weighted by molar-refractivity contribution is -0.124. The van der Waals surface area contributed by atoms with Crippen LogP contribution in [0.1, 0.15) is 0 Å². The maximum Gasteiger partial charge on any atom is 0.298 e. The third-order valence-electron chi connectivity index (χ3n) is 1.57. The topological polar surface area (TPSA) is 38.8 Å². The summed E-state index contributed by atoms with van der Waals surface area (Å²) in [6.45, 7) is 0. The van der Waals surface area contributed by atoms with Gasteiger partial charge < -0.3 is 9.47 Å². The van der Waals surface area contributed by atoms with E-state index in [9.17, 15) is 4.79 Å². The average Bonchev–Trinajstić information content (AvgIpc) is 2.55. The van der Waals surface area contributed by atoms with Gasteiger partial charge in [0.05, 0.1) is 5.88 Å². The molecule has 0 radical (unpaired) electrons. The summed E-state index contributed by atoms with van der Waals surface area (Å²) in [5, 5.41) is 0. The highest BCUT2D eigenvalue weighted by molar-refractivity contribution is 6.19. The molecule has 2 atom stereocenters. The van der Waals surface area contributed by atoms with Crippen molar-refractivity contribution in [2.75, 3.05) is 5.88 Å². The zero-order valence-corrected chi connectivity index (χ0v) is 5.80. The molecule has 0 aliphatic carbocycles. The van der Waals surface area contributed by atoms with Crippen molar-refractivity contribution in [3.8, 4) is 0 Å². The Morgan fingerprint density at radius 3 is 3.10 bits per heavy atom. The highest BCUT2D eigenvalue weighted by Gasteiger charge is 2.63. The number of aldehydes is 1. The molecule has 54 valence electrons. The van der Waals surface area contributed by atoms with Crippen molar-refractivity contribution >= 4 is 17.9 Å². The van der Waals surface area contributed by atoms with E-state index < -0.39 is 5.79 Å². The maximum absolute atomic E-state index is 10.3. The Hall–Kier alpha value is -0.540. The van der Waals surface area contributed by atoms with Crippen LogP contribution in [0.15, 0.2) is 11.8 Å². The summed E-state index contributed by atoms with van der Waals surface area (Å²) < 4.78 is 9.96. The van der Waals surface area contributed by atoms with E-state index in [0.717, 1.165) is 0 Å². The Labute approximate surface area is 62.6 Å². The second-order valence-corrected chi connectivity index (χ2v) is 2.51. The van der Waals surface area contributed by atoms with E-state index in [1.807, 2.05) is 0 Å². The summed E-state index contributed by atoms with van der Waals surface area (Å²) >= 11 is 5.45. The molecule has 1 saturated heterocycles. The highest BCUT2D eigenvalue weighted by atomic mass is 35.5. The van der Waals surface area contributed by atoms with Gasteiger partial charge in [-0.05, 0) is 6.08 Å². The van der Waals surface area contributed by atoms with E-state index in [1.165, 1.54) is 0 Å². The molecule has 2 aliphatic heterocycles. The molecule has 10 heavy (non-hydrogen) atoms. The number of carbonyl (C=O) groups excluding carboxylic acids is 1. The van der Waals surface area contributed by atoms with Crippen LogP contribution in [0.25, 0.3) is 0 Å². The van der Waals surface area contributed by atoms with Crippen molar-refractivity contribution in [2.45, 2.75) is 11.9 Å². The smallest absolute Gasteiger partial charge is 0.298 e. The molecule has 4 heteroatoms. The molecule has 2 aliphatic rings. The van der Waals surface area contributed by atoms with Gasteiger partial charge in [-0.1, -0.05) is 0 Å². The zero-order chi connectivity index (χ0) is 7.19. The Morgan fingerprint density at radius 1 is 1.90 bits per heavy atom. The molecule has 0 saturated carbocycles. The van der Waals surface area contributed by atoms with Crippen LogP contribution in [0.4, 0.5) is 0 Å². The number of hydrogen-bond donors (Lipinski definition) is 0. The summed E-state index contributed by atoms with van der Waals surface area (Å²) in [5.74, 6) is -0.0512. The van der Waals surface area contributed by atoms with E-state index in [0.29, 0.717) is 17.9 Å². The Morgan fingerprint density at radius 2 is 2.70 bits per heavy atom. The largest absolute Gasteiger partial charge is 0.456 e. The number of allylic oxidation sites excluding steroid dienone is 1. The van der Waals surface area contributed by atoms with Gasteiger partial charge in [0, 0.05) is 0 Å². The van der Waals surface area contributed by atoms with E-state index in [4.69, 9.17) is 21.1 Å². The van der Waals surface area contributed by atoms with Crippen molar-refractivity contribution in [1.29, 1.82) is 0 Å². The molecule has 0 N–H and O–H groups in total. The van der Waals surface area contributed by atoms with E-state index in [-0.39, 0.29) is 6.10 Å². The molecule has 2 unspecified atom stereocenters. The lowest BCUT2D eigenvalue weighted by Gasteiger charge is -2.04. The molecule has 0 amide bonds. The van der Waals surface area contributed by atoms with Gasteiger partial charge in [-0.2, -0.15) is 0 Å². The molecule has 0 bridgehead atoms. The van der Waals surface area contributed by atoms with Crippen LogP contribution in [0, 0.1) is 0 Å². The quantitative estimate of drug-likeness (QED) is 0.334. The van der Waals surface area contributed by atoms with Gasteiger partial charge in [-0.3, -0.25) is 4.79 Å². The van der Waals surface area contributed by atoms with Crippen LogP contribution < -0.4 is 0 Å². The van der Waals surface area contributed by atoms with Crippen LogP contribution in [0.2, 0.25) is 0 Å². The van der Waals surface area contributed by atoms with Gasteiger partial charge in [0.25, 0.3) is 5.79 Å². The number of alkyl halides is 1. The standard InChI is InChI=1S/C6H5ClO3/c7-2-4-1-5-6(3-8,9-4)10-5/h1,3,5H,2H2. The first-order valence-corrected chi connectivity index (χ1v) is 3.44. The van der Waals surface area contributed by atoms with Gasteiger partial charge in [0.1, 0.15) is 5.76 Å². The van der Waals surface area contributed by atoms with E-state index in [1.54, 1.807) is 6.08 Å². The lowest BCUT2D eigenvalue weighted by Crippen LogP contribution is -2.15. The van der Waals surface area contributed by atoms with E-state index >= 15 is 0 Å². The van der Waals surface area contributed by atoms with Crippen LogP contribution in [0.5, 0.6) is 0 Å². The molecule has 3 nitrogen and oxygen atoms in total. The Kier molecular flexibility index (Phi) is 1.08. The third-order valence-corrected chi connectivity index (χ3v) is 1.84. The fraction of sp³-hybridized carbons (Fsp3) is 0.500. The van der Waals surface area contributed by atoms with Crippen LogP contribution in [0.3, 0.4) is 0 Å². The molecular weight excluding hydrogens is 156 g/mol. The number of hydrogen-bond acceptors (Lipinski definition) is 3. The Bertz CT molecular complexity index is 213. The van der Waals surface area contributed by atoms with E-state index in [2.05, 4.69) is 0 Å². The summed E-state index contributed by atoms with van der Waals surface area (Å²) in [6.07, 6.45) is 2.20. The number of fused-ring (bicyclic) bond motifs is 1. The van der Waals surface area contributed by atoms with Crippen molar-refractivity contribution in [2.24, 2.45) is 0 Å². The minimum atomic E-state index is -0.982. The number of ether oxygens (including phenoxy) is 2. The second-order valence-electron chi connectivity index (χ2n) is 2.25. The molecule has 0 aromatic rings. The van der Waals surface area contributed by atoms with Gasteiger partial charge in [0.15, 0.2) is 12.4 Å². The van der Waals surface area contributed by atoms with Gasteiger partial charge in [-0.15, -0.1) is 11.6 Å². The van der Waals surface area contributed by atoms with Crippen molar-refractivity contribution < 1.29 is 14.3 Å². The van der Waals surface area contributed by atoms with Crippen molar-refractivity contribution in [3.05, 3.63) is 11.8 Å². The fourth-order valence-corrected chi connectivity index (χ4v) is 1.14. The Balaban J connectivity index is 2.13. The molecule has 0 spiro atoms. The second kappa shape index (κ2) is 1.74.